The van der Waals surface area contributed by atoms with Crippen LogP contribution in [0.25, 0.3) is 0 Å². The minimum Gasteiger partial charge on any atom is -0.379 e. The van der Waals surface area contributed by atoms with Crippen LogP contribution in [0.2, 0.25) is 0 Å². The summed E-state index contributed by atoms with van der Waals surface area (Å²) in [6.07, 6.45) is 7.47. The van der Waals surface area contributed by atoms with Crippen molar-refractivity contribution in [2.24, 2.45) is 0 Å². The summed E-state index contributed by atoms with van der Waals surface area (Å²) in [4.78, 5) is 0. The first-order valence-electron chi connectivity index (χ1n) is 13.9. The Morgan fingerprint density at radius 1 is 1.00 bits per heavy atom. The Hall–Kier alpha value is -1.36. The molecule has 5 atom stereocenters. The van der Waals surface area contributed by atoms with E-state index in [0.29, 0.717) is 30.6 Å². The number of anilines is 1. The van der Waals surface area contributed by atoms with E-state index < -0.39 is 12.1 Å². The first-order chi connectivity index (χ1) is 17.8. The summed E-state index contributed by atoms with van der Waals surface area (Å²) in [5, 5.41) is 6.89. The van der Waals surface area contributed by atoms with Crippen LogP contribution < -0.4 is 10.6 Å². The van der Waals surface area contributed by atoms with Crippen molar-refractivity contribution < 1.29 is 28.1 Å². The highest BCUT2D eigenvalue weighted by atomic mass is 32.1. The van der Waals surface area contributed by atoms with Gasteiger partial charge in [-0.1, -0.05) is 52.4 Å². The zero-order chi connectivity index (χ0) is 26.7. The van der Waals surface area contributed by atoms with E-state index in [1.54, 1.807) is 12.1 Å². The van der Waals surface area contributed by atoms with E-state index in [0.717, 1.165) is 25.7 Å². The average molecular weight is 541 g/mol. The molecule has 0 saturated carbocycles. The summed E-state index contributed by atoms with van der Waals surface area (Å²) in [5.74, 6) is -1.07. The fourth-order valence-corrected chi connectivity index (χ4v) is 4.95. The van der Waals surface area contributed by atoms with Gasteiger partial charge in [-0.25, -0.2) is 4.39 Å². The van der Waals surface area contributed by atoms with E-state index in [1.165, 1.54) is 37.8 Å². The summed E-state index contributed by atoms with van der Waals surface area (Å²) >= 11 is 5.60. The van der Waals surface area contributed by atoms with Crippen LogP contribution in [0.4, 0.5) is 10.1 Å². The Kier molecular flexibility index (Phi) is 12.5. The van der Waals surface area contributed by atoms with Gasteiger partial charge in [-0.15, -0.1) is 0 Å². The molecule has 0 aliphatic carbocycles. The van der Waals surface area contributed by atoms with Gasteiger partial charge in [0, 0.05) is 18.9 Å². The van der Waals surface area contributed by atoms with Crippen molar-refractivity contribution in [1.82, 2.24) is 5.32 Å². The van der Waals surface area contributed by atoms with Crippen LogP contribution in [-0.2, 0) is 23.7 Å². The number of hydrogen-bond donors (Lipinski definition) is 2. The molecule has 210 valence electrons. The van der Waals surface area contributed by atoms with E-state index in [-0.39, 0.29) is 30.2 Å². The highest BCUT2D eigenvalue weighted by Crippen LogP contribution is 2.39. The molecular formula is C28H45FN2O5S. The van der Waals surface area contributed by atoms with Crippen LogP contribution in [0.15, 0.2) is 24.3 Å². The summed E-state index contributed by atoms with van der Waals surface area (Å²) in [5.41, 5.74) is 0.689. The summed E-state index contributed by atoms with van der Waals surface area (Å²) < 4.78 is 44.4. The zero-order valence-corrected chi connectivity index (χ0v) is 23.6. The van der Waals surface area contributed by atoms with Crippen LogP contribution >= 0.6 is 12.2 Å². The van der Waals surface area contributed by atoms with Crippen LogP contribution in [-0.4, -0.2) is 61.4 Å². The molecule has 2 aliphatic heterocycles. The molecule has 2 N–H and O–H groups in total. The van der Waals surface area contributed by atoms with Gasteiger partial charge in [0.25, 0.3) is 0 Å². The number of thiocarbonyl (C=S) groups is 1. The Balaban J connectivity index is 1.67. The Morgan fingerprint density at radius 2 is 1.68 bits per heavy atom. The van der Waals surface area contributed by atoms with Crippen molar-refractivity contribution in [2.45, 2.75) is 115 Å². The molecule has 2 fully saturated rings. The fraction of sp³-hybridized carbons (Fsp3) is 0.750. The molecule has 37 heavy (non-hydrogen) atoms. The van der Waals surface area contributed by atoms with E-state index in [4.69, 9.17) is 35.9 Å². The molecule has 0 radical (unpaired) electrons. The van der Waals surface area contributed by atoms with Crippen LogP contribution in [0, 0.1) is 5.82 Å². The zero-order valence-electron chi connectivity index (χ0n) is 22.8. The Bertz CT molecular complexity index is 812. The van der Waals surface area contributed by atoms with Crippen LogP contribution in [0.3, 0.4) is 0 Å². The van der Waals surface area contributed by atoms with Crippen molar-refractivity contribution in [3.8, 4) is 0 Å². The SMILES string of the molecule is CCCCCCOC[C@@H](OCCCCCC)[C@H]1O[C@@H]2OC(C)(C)O[C@@H]2[C@H]1NC(=S)Nc1ccc(F)cc1. The molecule has 0 bridgehead atoms. The normalized spacial score (nSPS) is 25.1. The maximum Gasteiger partial charge on any atom is 0.189 e. The Morgan fingerprint density at radius 3 is 2.35 bits per heavy atom. The lowest BCUT2D eigenvalue weighted by Crippen LogP contribution is -2.54. The lowest BCUT2D eigenvalue weighted by atomic mass is 10.0. The largest absolute Gasteiger partial charge is 0.379 e. The maximum absolute atomic E-state index is 13.3. The van der Waals surface area contributed by atoms with Gasteiger partial charge in [0.05, 0.1) is 12.6 Å². The highest BCUT2D eigenvalue weighted by Gasteiger charge is 2.57. The minimum absolute atomic E-state index is 0.302. The number of unbranched alkanes of at least 4 members (excludes halogenated alkanes) is 6. The number of rotatable bonds is 16. The molecule has 1 aromatic carbocycles. The second kappa shape index (κ2) is 15.3. The van der Waals surface area contributed by atoms with Gasteiger partial charge in [-0.05, 0) is 63.2 Å². The van der Waals surface area contributed by atoms with E-state index in [2.05, 4.69) is 24.5 Å². The first kappa shape index (κ1) is 30.2. The monoisotopic (exact) mass is 540 g/mol. The van der Waals surface area contributed by atoms with E-state index >= 15 is 0 Å². The molecule has 0 unspecified atom stereocenters. The van der Waals surface area contributed by atoms with Crippen molar-refractivity contribution in [1.29, 1.82) is 0 Å². The van der Waals surface area contributed by atoms with Crippen molar-refractivity contribution in [2.75, 3.05) is 25.1 Å². The molecule has 0 amide bonds. The fourth-order valence-electron chi connectivity index (χ4n) is 4.70. The number of hydrogen-bond acceptors (Lipinski definition) is 6. The summed E-state index contributed by atoms with van der Waals surface area (Å²) in [6.45, 7) is 9.89. The summed E-state index contributed by atoms with van der Waals surface area (Å²) in [7, 11) is 0. The molecule has 9 heteroatoms. The first-order valence-corrected chi connectivity index (χ1v) is 14.3. The lowest BCUT2D eigenvalue weighted by molar-refractivity contribution is -0.222. The number of fused-ring (bicyclic) bond motifs is 1. The van der Waals surface area contributed by atoms with Crippen molar-refractivity contribution in [3.63, 3.8) is 0 Å². The molecule has 2 saturated heterocycles. The minimum atomic E-state index is -0.765. The smallest absolute Gasteiger partial charge is 0.189 e. The summed E-state index contributed by atoms with van der Waals surface area (Å²) in [6, 6.07) is 5.73. The molecule has 1 aromatic rings. The standard InChI is InChI=1S/C28H45FN2O5S/c1-5-7-9-11-17-32-19-22(33-18-12-10-8-6-2)24-23(25-26(34-24)36-28(3,4)35-25)31-27(37)30-21-15-13-20(29)14-16-21/h13-16,22-26H,5-12,17-19H2,1-4H3,(H2,30,31,37)/t22-,23+,24-,25-,26-/m1/s1. The van der Waals surface area contributed by atoms with Gasteiger partial charge in [0.2, 0.25) is 0 Å². The molecular weight excluding hydrogens is 495 g/mol. The third-order valence-corrected chi connectivity index (χ3v) is 6.83. The van der Waals surface area contributed by atoms with Gasteiger partial charge >= 0.3 is 0 Å². The number of ether oxygens (including phenoxy) is 5. The molecule has 2 heterocycles. The highest BCUT2D eigenvalue weighted by molar-refractivity contribution is 7.80. The molecule has 2 aliphatic rings. The second-order valence-electron chi connectivity index (χ2n) is 10.3. The van der Waals surface area contributed by atoms with Gasteiger partial charge in [-0.2, -0.15) is 0 Å². The number of halogens is 1. The topological polar surface area (TPSA) is 70.2 Å². The predicted octanol–water partition coefficient (Wildman–Crippen LogP) is 5.92. The predicted molar refractivity (Wildman–Crippen MR) is 147 cm³/mol. The van der Waals surface area contributed by atoms with E-state index in [1.807, 2.05) is 13.8 Å². The maximum atomic E-state index is 13.3. The van der Waals surface area contributed by atoms with Crippen LogP contribution in [0.1, 0.15) is 79.1 Å². The molecule has 0 spiro atoms. The van der Waals surface area contributed by atoms with E-state index in [9.17, 15) is 4.39 Å². The second-order valence-corrected chi connectivity index (χ2v) is 10.7. The van der Waals surface area contributed by atoms with Gasteiger partial charge in [0.1, 0.15) is 24.1 Å². The molecule has 0 aromatic heterocycles. The third-order valence-electron chi connectivity index (χ3n) is 6.61. The number of nitrogens with one attached hydrogen (secondary N) is 2. The average Bonchev–Trinajstić information content (AvgIpc) is 3.33. The van der Waals surface area contributed by atoms with Crippen LogP contribution in [0.5, 0.6) is 0 Å². The van der Waals surface area contributed by atoms with Crippen molar-refractivity contribution in [3.05, 3.63) is 30.1 Å². The lowest BCUT2D eigenvalue weighted by Gasteiger charge is -2.32. The molecule has 3 rings (SSSR count). The van der Waals surface area contributed by atoms with Gasteiger partial charge in [-0.3, -0.25) is 0 Å². The van der Waals surface area contributed by atoms with Gasteiger partial charge in [0.15, 0.2) is 17.2 Å². The Labute approximate surface area is 227 Å². The third kappa shape index (κ3) is 9.71. The quantitative estimate of drug-likeness (QED) is 0.198. The number of benzene rings is 1. The van der Waals surface area contributed by atoms with Crippen molar-refractivity contribution >= 4 is 23.0 Å². The van der Waals surface area contributed by atoms with Gasteiger partial charge < -0.3 is 34.3 Å². The molecule has 7 nitrogen and oxygen atoms in total.